The average Bonchev–Trinajstić information content (AvgIpc) is 3.43. The fourth-order valence-corrected chi connectivity index (χ4v) is 4.48. The van der Waals surface area contributed by atoms with Crippen LogP contribution in [0.4, 0.5) is 5.88 Å². The molecule has 0 radical (unpaired) electrons. The number of hydrogen-bond donors (Lipinski definition) is 0. The second-order valence-electron chi connectivity index (χ2n) is 7.57. The van der Waals surface area contributed by atoms with E-state index in [2.05, 4.69) is 64.5 Å². The Morgan fingerprint density at radius 2 is 1.61 bits per heavy atom. The molecule has 1 saturated carbocycles. The lowest BCUT2D eigenvalue weighted by Crippen LogP contribution is -2.37. The molecule has 28 heavy (non-hydrogen) atoms. The second kappa shape index (κ2) is 7.51. The lowest BCUT2D eigenvalue weighted by molar-refractivity contribution is 0.493. The number of furan rings is 1. The molecule has 1 unspecified atom stereocenters. The molecule has 2 aromatic carbocycles. The summed E-state index contributed by atoms with van der Waals surface area (Å²) >= 11 is 0. The van der Waals surface area contributed by atoms with Crippen LogP contribution in [0.3, 0.4) is 0 Å². The Morgan fingerprint density at radius 3 is 2.36 bits per heavy atom. The molecule has 140 valence electrons. The first-order valence-corrected chi connectivity index (χ1v) is 10.1. The molecule has 0 N–H and O–H groups in total. The van der Waals surface area contributed by atoms with Crippen LogP contribution in [0.1, 0.15) is 42.9 Å². The van der Waals surface area contributed by atoms with Gasteiger partial charge in [-0.1, -0.05) is 67.4 Å². The van der Waals surface area contributed by atoms with E-state index in [1.165, 1.54) is 36.8 Å². The molecule has 1 aliphatic carbocycles. The molecule has 0 bridgehead atoms. The smallest absolute Gasteiger partial charge is 0.197 e. The van der Waals surface area contributed by atoms with E-state index in [0.29, 0.717) is 6.04 Å². The Balaban J connectivity index is 1.68. The third-order valence-electron chi connectivity index (χ3n) is 5.78. The van der Waals surface area contributed by atoms with Gasteiger partial charge in [-0.2, -0.15) is 0 Å². The maximum Gasteiger partial charge on any atom is 0.197 e. The number of hydrogen-bond acceptors (Lipinski definition) is 3. The molecule has 3 heteroatoms. The van der Waals surface area contributed by atoms with E-state index in [4.69, 9.17) is 4.42 Å². The van der Waals surface area contributed by atoms with Gasteiger partial charge < -0.3 is 9.32 Å². The molecule has 1 fully saturated rings. The van der Waals surface area contributed by atoms with E-state index in [1.54, 1.807) is 0 Å². The number of aromatic nitrogens is 1. The summed E-state index contributed by atoms with van der Waals surface area (Å²) in [6, 6.07) is 25.9. The summed E-state index contributed by atoms with van der Waals surface area (Å²) < 4.78 is 6.37. The topological polar surface area (TPSA) is 29.3 Å². The minimum Gasteiger partial charge on any atom is -0.441 e. The Morgan fingerprint density at radius 1 is 0.857 bits per heavy atom. The minimum absolute atomic E-state index is 0.0820. The van der Waals surface area contributed by atoms with E-state index in [-0.39, 0.29) is 6.04 Å². The Kier molecular flexibility index (Phi) is 4.58. The van der Waals surface area contributed by atoms with Crippen LogP contribution in [-0.4, -0.2) is 11.0 Å². The summed E-state index contributed by atoms with van der Waals surface area (Å²) in [5.41, 5.74) is 3.41. The van der Waals surface area contributed by atoms with Gasteiger partial charge in [-0.05, 0) is 36.1 Å². The number of benzene rings is 2. The zero-order valence-electron chi connectivity index (χ0n) is 15.9. The SMILES string of the molecule is c1ccc(C(c2cccnc2)N(c2cc3ccccc3o2)C2CCCC2)cc1. The average molecular weight is 368 g/mol. The second-order valence-corrected chi connectivity index (χ2v) is 7.57. The van der Waals surface area contributed by atoms with Crippen molar-refractivity contribution in [3.05, 3.63) is 96.3 Å². The molecule has 5 rings (SSSR count). The van der Waals surface area contributed by atoms with Gasteiger partial charge in [0.25, 0.3) is 0 Å². The van der Waals surface area contributed by atoms with Gasteiger partial charge in [0, 0.05) is 29.9 Å². The highest BCUT2D eigenvalue weighted by Gasteiger charge is 2.33. The van der Waals surface area contributed by atoms with E-state index in [1.807, 2.05) is 30.6 Å². The van der Waals surface area contributed by atoms with Crippen molar-refractivity contribution in [2.24, 2.45) is 0 Å². The lowest BCUT2D eigenvalue weighted by Gasteiger charge is -2.37. The highest BCUT2D eigenvalue weighted by Crippen LogP contribution is 2.41. The van der Waals surface area contributed by atoms with E-state index < -0.39 is 0 Å². The minimum atomic E-state index is 0.0820. The van der Waals surface area contributed by atoms with E-state index >= 15 is 0 Å². The zero-order valence-corrected chi connectivity index (χ0v) is 15.9. The van der Waals surface area contributed by atoms with Crippen LogP contribution in [0, 0.1) is 0 Å². The van der Waals surface area contributed by atoms with Crippen molar-refractivity contribution in [1.29, 1.82) is 0 Å². The van der Waals surface area contributed by atoms with Crippen molar-refractivity contribution in [1.82, 2.24) is 4.98 Å². The fraction of sp³-hybridized carbons (Fsp3) is 0.240. The number of nitrogens with zero attached hydrogens (tertiary/aromatic N) is 2. The predicted molar refractivity (Wildman–Crippen MR) is 113 cm³/mol. The van der Waals surface area contributed by atoms with Crippen molar-refractivity contribution < 1.29 is 4.42 Å². The largest absolute Gasteiger partial charge is 0.441 e. The number of anilines is 1. The number of pyridine rings is 1. The first-order chi connectivity index (χ1) is 13.9. The molecule has 4 aromatic rings. The van der Waals surface area contributed by atoms with Crippen LogP contribution in [0.5, 0.6) is 0 Å². The first kappa shape index (κ1) is 17.1. The molecule has 0 saturated heterocycles. The number of fused-ring (bicyclic) bond motifs is 1. The summed E-state index contributed by atoms with van der Waals surface area (Å²) in [6.07, 6.45) is 8.77. The Hall–Kier alpha value is -3.07. The van der Waals surface area contributed by atoms with Gasteiger partial charge in [0.2, 0.25) is 0 Å². The lowest BCUT2D eigenvalue weighted by atomic mass is 9.96. The molecule has 1 atom stereocenters. The molecule has 3 nitrogen and oxygen atoms in total. The van der Waals surface area contributed by atoms with Crippen molar-refractivity contribution >= 4 is 16.9 Å². The number of para-hydroxylation sites is 1. The van der Waals surface area contributed by atoms with Crippen molar-refractivity contribution in [3.8, 4) is 0 Å². The monoisotopic (exact) mass is 368 g/mol. The molecule has 0 spiro atoms. The Bertz CT molecular complexity index is 963. The maximum atomic E-state index is 6.37. The molecule has 0 amide bonds. The van der Waals surface area contributed by atoms with Crippen LogP contribution in [0.15, 0.2) is 89.6 Å². The zero-order chi connectivity index (χ0) is 18.8. The number of rotatable bonds is 5. The highest BCUT2D eigenvalue weighted by molar-refractivity contribution is 5.81. The molecule has 2 heterocycles. The van der Waals surface area contributed by atoms with Gasteiger partial charge in [0.15, 0.2) is 5.88 Å². The quantitative estimate of drug-likeness (QED) is 0.410. The Labute approximate surface area is 165 Å². The van der Waals surface area contributed by atoms with Gasteiger partial charge in [0.05, 0.1) is 6.04 Å². The molecule has 2 aromatic heterocycles. The van der Waals surface area contributed by atoms with Crippen molar-refractivity contribution in [2.75, 3.05) is 4.90 Å². The molecular formula is C25H24N2O. The normalized spacial score (nSPS) is 15.7. The van der Waals surface area contributed by atoms with Gasteiger partial charge in [-0.25, -0.2) is 0 Å². The summed E-state index contributed by atoms with van der Waals surface area (Å²) in [6.45, 7) is 0. The van der Waals surface area contributed by atoms with Crippen LogP contribution < -0.4 is 4.90 Å². The van der Waals surface area contributed by atoms with Crippen LogP contribution in [0.25, 0.3) is 11.0 Å². The van der Waals surface area contributed by atoms with Crippen molar-refractivity contribution in [2.45, 2.75) is 37.8 Å². The summed E-state index contributed by atoms with van der Waals surface area (Å²) in [5, 5.41) is 1.15. The van der Waals surface area contributed by atoms with Crippen LogP contribution in [-0.2, 0) is 0 Å². The van der Waals surface area contributed by atoms with Crippen LogP contribution in [0.2, 0.25) is 0 Å². The van der Waals surface area contributed by atoms with E-state index in [9.17, 15) is 0 Å². The fourth-order valence-electron chi connectivity index (χ4n) is 4.48. The maximum absolute atomic E-state index is 6.37. The molecule has 1 aliphatic rings. The third kappa shape index (κ3) is 3.18. The molecule has 0 aliphatic heterocycles. The van der Waals surface area contributed by atoms with Gasteiger partial charge in [0.1, 0.15) is 5.58 Å². The van der Waals surface area contributed by atoms with Crippen molar-refractivity contribution in [3.63, 3.8) is 0 Å². The van der Waals surface area contributed by atoms with Gasteiger partial charge in [-0.15, -0.1) is 0 Å². The third-order valence-corrected chi connectivity index (χ3v) is 5.78. The predicted octanol–water partition coefficient (Wildman–Crippen LogP) is 6.37. The van der Waals surface area contributed by atoms with Crippen LogP contribution >= 0.6 is 0 Å². The van der Waals surface area contributed by atoms with E-state index in [0.717, 1.165) is 16.9 Å². The van der Waals surface area contributed by atoms with Gasteiger partial charge in [-0.3, -0.25) is 4.98 Å². The standard InChI is InChI=1S/C25H24N2O/c1-2-9-19(10-3-1)25(21-12-8-16-26-18-21)27(22-13-5-6-14-22)24-17-20-11-4-7-15-23(20)28-24/h1-4,7-12,15-18,22,25H,5-6,13-14H2. The highest BCUT2D eigenvalue weighted by atomic mass is 16.4. The first-order valence-electron chi connectivity index (χ1n) is 10.1. The molecular weight excluding hydrogens is 344 g/mol. The summed E-state index contributed by atoms with van der Waals surface area (Å²) in [5.74, 6) is 0.950. The van der Waals surface area contributed by atoms with Gasteiger partial charge >= 0.3 is 0 Å². The summed E-state index contributed by atoms with van der Waals surface area (Å²) in [7, 11) is 0. The summed E-state index contributed by atoms with van der Waals surface area (Å²) in [4.78, 5) is 6.92.